The van der Waals surface area contributed by atoms with Gasteiger partial charge in [0.05, 0.1) is 5.02 Å². The van der Waals surface area contributed by atoms with Gasteiger partial charge in [-0.3, -0.25) is 4.79 Å². The smallest absolute Gasteiger partial charge is 0.231 e. The van der Waals surface area contributed by atoms with Crippen LogP contribution in [0.3, 0.4) is 0 Å². The predicted octanol–water partition coefficient (Wildman–Crippen LogP) is 3.98. The molecule has 0 bridgehead atoms. The Balaban J connectivity index is 1.68. The predicted molar refractivity (Wildman–Crippen MR) is 78.9 cm³/mol. The van der Waals surface area contributed by atoms with Crippen LogP contribution in [-0.4, -0.2) is 19.2 Å². The number of benzene rings is 2. The van der Waals surface area contributed by atoms with E-state index in [1.165, 1.54) is 6.07 Å². The number of hydrogen-bond donors (Lipinski definition) is 0. The van der Waals surface area contributed by atoms with Gasteiger partial charge in [0.15, 0.2) is 18.1 Å². The van der Waals surface area contributed by atoms with Crippen molar-refractivity contribution in [1.82, 2.24) is 0 Å². The number of fused-ring (bicyclic) bond motifs is 1. The van der Waals surface area contributed by atoms with Gasteiger partial charge in [0.25, 0.3) is 0 Å². The third kappa shape index (κ3) is 3.06. The van der Waals surface area contributed by atoms with Gasteiger partial charge in [0, 0.05) is 16.7 Å². The van der Waals surface area contributed by atoms with Gasteiger partial charge in [-0.05, 0) is 30.3 Å². The average molecular weight is 325 g/mol. The van der Waals surface area contributed by atoms with Gasteiger partial charge in [0.1, 0.15) is 5.75 Å². The molecule has 0 aliphatic carbocycles. The number of carbonyl (C=O) groups is 1. The molecular formula is C15H10Cl2O4. The summed E-state index contributed by atoms with van der Waals surface area (Å²) in [6.45, 7) is 0.0685. The fraction of sp³-hybridized carbons (Fsp3) is 0.133. The van der Waals surface area contributed by atoms with Crippen molar-refractivity contribution in [2.24, 2.45) is 0 Å². The molecule has 0 fully saturated rings. The molecule has 0 saturated carbocycles. The lowest BCUT2D eigenvalue weighted by Gasteiger charge is -2.07. The SMILES string of the molecule is O=C(COc1ccc2c(c1)OCO2)c1ccc(Cl)cc1Cl. The number of carbonyl (C=O) groups excluding carboxylic acids is 1. The minimum absolute atomic E-state index is 0.124. The van der Waals surface area contributed by atoms with Crippen LogP contribution in [0.1, 0.15) is 10.4 Å². The number of halogens is 2. The number of rotatable bonds is 4. The first-order valence-corrected chi connectivity index (χ1v) is 6.90. The third-order valence-corrected chi connectivity index (χ3v) is 3.49. The Hall–Kier alpha value is -1.91. The van der Waals surface area contributed by atoms with Crippen molar-refractivity contribution in [3.8, 4) is 17.2 Å². The molecule has 0 spiro atoms. The lowest BCUT2D eigenvalue weighted by Crippen LogP contribution is -2.12. The van der Waals surface area contributed by atoms with Crippen molar-refractivity contribution < 1.29 is 19.0 Å². The van der Waals surface area contributed by atoms with Crippen molar-refractivity contribution in [3.63, 3.8) is 0 Å². The topological polar surface area (TPSA) is 44.8 Å². The fourth-order valence-electron chi connectivity index (χ4n) is 1.91. The molecule has 0 saturated heterocycles. The summed E-state index contributed by atoms with van der Waals surface area (Å²) in [7, 11) is 0. The molecule has 21 heavy (non-hydrogen) atoms. The maximum Gasteiger partial charge on any atom is 0.231 e. The maximum absolute atomic E-state index is 12.1. The van der Waals surface area contributed by atoms with Crippen LogP contribution in [0.4, 0.5) is 0 Å². The molecule has 0 N–H and O–H groups in total. The van der Waals surface area contributed by atoms with E-state index in [1.807, 2.05) is 0 Å². The van der Waals surface area contributed by atoms with Gasteiger partial charge in [-0.15, -0.1) is 0 Å². The quantitative estimate of drug-likeness (QED) is 0.798. The second-order valence-electron chi connectivity index (χ2n) is 4.35. The van der Waals surface area contributed by atoms with Gasteiger partial charge in [0.2, 0.25) is 12.6 Å². The fourth-order valence-corrected chi connectivity index (χ4v) is 2.42. The summed E-state index contributed by atoms with van der Waals surface area (Å²) in [6.07, 6.45) is 0. The molecule has 0 radical (unpaired) electrons. The first-order valence-electron chi connectivity index (χ1n) is 6.14. The van der Waals surface area contributed by atoms with Crippen molar-refractivity contribution in [3.05, 3.63) is 52.0 Å². The lowest BCUT2D eigenvalue weighted by atomic mass is 10.1. The van der Waals surface area contributed by atoms with Gasteiger partial charge in [-0.2, -0.15) is 0 Å². The van der Waals surface area contributed by atoms with Crippen LogP contribution in [0.2, 0.25) is 10.0 Å². The summed E-state index contributed by atoms with van der Waals surface area (Å²) in [5.74, 6) is 1.56. The molecule has 4 nitrogen and oxygen atoms in total. The van der Waals surface area contributed by atoms with Crippen molar-refractivity contribution in [2.75, 3.05) is 13.4 Å². The van der Waals surface area contributed by atoms with E-state index in [2.05, 4.69) is 0 Å². The van der Waals surface area contributed by atoms with Gasteiger partial charge < -0.3 is 14.2 Å². The molecule has 0 amide bonds. The van der Waals surface area contributed by atoms with Crippen LogP contribution in [0, 0.1) is 0 Å². The highest BCUT2D eigenvalue weighted by atomic mass is 35.5. The van der Waals surface area contributed by atoms with Gasteiger partial charge in [-0.25, -0.2) is 0 Å². The Morgan fingerprint density at radius 1 is 1.10 bits per heavy atom. The molecule has 1 aliphatic rings. The van der Waals surface area contributed by atoms with E-state index in [1.54, 1.807) is 30.3 Å². The van der Waals surface area contributed by atoms with Gasteiger partial charge >= 0.3 is 0 Å². The number of Topliss-reactive ketones (excluding diaryl/α,β-unsaturated/α-hetero) is 1. The Labute approximate surface area is 131 Å². The molecular weight excluding hydrogens is 315 g/mol. The minimum Gasteiger partial charge on any atom is -0.485 e. The molecule has 108 valence electrons. The highest BCUT2D eigenvalue weighted by molar-refractivity contribution is 6.36. The van der Waals surface area contributed by atoms with Crippen molar-refractivity contribution in [2.45, 2.75) is 0 Å². The first-order chi connectivity index (χ1) is 10.1. The molecule has 2 aromatic carbocycles. The zero-order valence-corrected chi connectivity index (χ0v) is 12.3. The van der Waals surface area contributed by atoms with E-state index < -0.39 is 0 Å². The van der Waals surface area contributed by atoms with E-state index in [0.717, 1.165) is 0 Å². The van der Waals surface area contributed by atoms with E-state index in [-0.39, 0.29) is 19.2 Å². The zero-order chi connectivity index (χ0) is 14.8. The number of ether oxygens (including phenoxy) is 3. The van der Waals surface area contributed by atoms with Crippen LogP contribution >= 0.6 is 23.2 Å². The van der Waals surface area contributed by atoms with Gasteiger partial charge in [-0.1, -0.05) is 23.2 Å². The van der Waals surface area contributed by atoms with Crippen LogP contribution in [0.15, 0.2) is 36.4 Å². The average Bonchev–Trinajstić information content (AvgIpc) is 2.92. The van der Waals surface area contributed by atoms with Crippen molar-refractivity contribution in [1.29, 1.82) is 0 Å². The Morgan fingerprint density at radius 2 is 1.90 bits per heavy atom. The number of ketones is 1. The molecule has 0 unspecified atom stereocenters. The Kier molecular flexibility index (Phi) is 3.90. The van der Waals surface area contributed by atoms with E-state index in [4.69, 9.17) is 37.4 Å². The van der Waals surface area contributed by atoms with Crippen LogP contribution < -0.4 is 14.2 Å². The van der Waals surface area contributed by atoms with E-state index >= 15 is 0 Å². The molecule has 2 aromatic rings. The lowest BCUT2D eigenvalue weighted by molar-refractivity contribution is 0.0921. The molecule has 3 rings (SSSR count). The monoisotopic (exact) mass is 324 g/mol. The Bertz CT molecular complexity index is 700. The minimum atomic E-state index is -0.227. The number of hydrogen-bond acceptors (Lipinski definition) is 4. The standard InChI is InChI=1S/C15H10Cl2O4/c16-9-1-3-11(12(17)5-9)13(18)7-19-10-2-4-14-15(6-10)21-8-20-14/h1-6H,7-8H2. The summed E-state index contributed by atoms with van der Waals surface area (Å²) < 4.78 is 15.9. The molecule has 1 aliphatic heterocycles. The summed E-state index contributed by atoms with van der Waals surface area (Å²) in [6, 6.07) is 9.84. The second-order valence-corrected chi connectivity index (χ2v) is 5.19. The Morgan fingerprint density at radius 3 is 2.71 bits per heavy atom. The van der Waals surface area contributed by atoms with Crippen LogP contribution in [0.25, 0.3) is 0 Å². The zero-order valence-electron chi connectivity index (χ0n) is 10.8. The molecule has 0 aromatic heterocycles. The normalized spacial score (nSPS) is 12.3. The first kappa shape index (κ1) is 14.0. The second kappa shape index (κ2) is 5.84. The largest absolute Gasteiger partial charge is 0.485 e. The maximum atomic E-state index is 12.1. The van der Waals surface area contributed by atoms with E-state index in [0.29, 0.717) is 32.9 Å². The highest BCUT2D eigenvalue weighted by Gasteiger charge is 2.15. The third-order valence-electron chi connectivity index (χ3n) is 2.95. The summed E-state index contributed by atoms with van der Waals surface area (Å²) >= 11 is 11.8. The molecule has 0 atom stereocenters. The molecule has 1 heterocycles. The van der Waals surface area contributed by atoms with Crippen LogP contribution in [-0.2, 0) is 0 Å². The van der Waals surface area contributed by atoms with Crippen LogP contribution in [0.5, 0.6) is 17.2 Å². The van der Waals surface area contributed by atoms with E-state index in [9.17, 15) is 4.79 Å². The van der Waals surface area contributed by atoms with Crippen molar-refractivity contribution >= 4 is 29.0 Å². The molecule has 6 heteroatoms. The highest BCUT2D eigenvalue weighted by Crippen LogP contribution is 2.35. The summed E-state index contributed by atoms with van der Waals surface area (Å²) in [4.78, 5) is 12.1. The summed E-state index contributed by atoms with van der Waals surface area (Å²) in [5, 5.41) is 0.787. The summed E-state index contributed by atoms with van der Waals surface area (Å²) in [5.41, 5.74) is 0.377.